The van der Waals surface area contributed by atoms with Gasteiger partial charge in [0.05, 0.1) is 28.6 Å². The fourth-order valence-electron chi connectivity index (χ4n) is 3.39. The Morgan fingerprint density at radius 3 is 2.54 bits per heavy atom. The lowest BCUT2D eigenvalue weighted by atomic mass is 10.0. The summed E-state index contributed by atoms with van der Waals surface area (Å²) in [6.45, 7) is 0.875. The second kappa shape index (κ2) is 6.70. The summed E-state index contributed by atoms with van der Waals surface area (Å²) < 4.78 is 0. The Bertz CT molecular complexity index is 898. The minimum absolute atomic E-state index is 0.112. The summed E-state index contributed by atoms with van der Waals surface area (Å²) in [6.07, 6.45) is -0.521. The summed E-state index contributed by atoms with van der Waals surface area (Å²) in [7, 11) is 0. The first-order chi connectivity index (χ1) is 12.3. The molecule has 1 aliphatic rings. The Balaban J connectivity index is 2.17. The third-order valence-corrected chi connectivity index (χ3v) is 4.69. The maximum atomic E-state index is 11.6. The summed E-state index contributed by atoms with van der Waals surface area (Å²) in [5, 5.41) is 45.6. The smallest absolute Gasteiger partial charge is 0.302 e. The van der Waals surface area contributed by atoms with Crippen LogP contribution < -0.4 is 5.32 Å². The van der Waals surface area contributed by atoms with Crippen LogP contribution in [0.15, 0.2) is 30.3 Å². The average molecular weight is 359 g/mol. The lowest BCUT2D eigenvalue weighted by Gasteiger charge is -2.20. The molecule has 2 atom stereocenters. The number of aliphatic hydroxyl groups is 2. The molecule has 0 heterocycles. The second-order valence-corrected chi connectivity index (χ2v) is 6.17. The van der Waals surface area contributed by atoms with Crippen molar-refractivity contribution in [1.29, 1.82) is 0 Å². The molecule has 0 radical (unpaired) electrons. The van der Waals surface area contributed by atoms with Crippen LogP contribution in [0.5, 0.6) is 0 Å². The van der Waals surface area contributed by atoms with Crippen LogP contribution in [0.1, 0.15) is 28.3 Å². The van der Waals surface area contributed by atoms with E-state index in [1.807, 2.05) is 12.1 Å². The Morgan fingerprint density at radius 1 is 1.23 bits per heavy atom. The molecule has 0 aromatic heterocycles. The van der Waals surface area contributed by atoms with Crippen molar-refractivity contribution >= 4 is 17.1 Å². The summed E-state index contributed by atoms with van der Waals surface area (Å²) >= 11 is 0. The van der Waals surface area contributed by atoms with Gasteiger partial charge in [0.1, 0.15) is 0 Å². The van der Waals surface area contributed by atoms with Crippen molar-refractivity contribution in [1.82, 2.24) is 0 Å². The number of nitro benzene ring substituents is 2. The van der Waals surface area contributed by atoms with Crippen molar-refractivity contribution in [2.75, 3.05) is 5.32 Å². The number of rotatable bonds is 5. The van der Waals surface area contributed by atoms with Crippen LogP contribution in [0.4, 0.5) is 17.1 Å². The Hall–Kier alpha value is -3.04. The van der Waals surface area contributed by atoms with Gasteiger partial charge in [-0.15, -0.1) is 0 Å². The van der Waals surface area contributed by atoms with Gasteiger partial charge in [-0.2, -0.15) is 0 Å². The van der Waals surface area contributed by atoms with Crippen LogP contribution >= 0.6 is 0 Å². The zero-order valence-corrected chi connectivity index (χ0v) is 13.9. The van der Waals surface area contributed by atoms with Gasteiger partial charge >= 0.3 is 5.69 Å². The molecule has 2 aromatic carbocycles. The summed E-state index contributed by atoms with van der Waals surface area (Å²) in [5.41, 5.74) is 0.630. The van der Waals surface area contributed by atoms with E-state index >= 15 is 0 Å². The van der Waals surface area contributed by atoms with Gasteiger partial charge in [0.15, 0.2) is 5.69 Å². The standard InChI is InChI=1S/C17H17N3O6/c1-9-11(8-21)6-13(19(23)24)16(17(9)20(25)26)18-15-12-5-3-2-4-10(12)7-14(15)22/h2-6,14-15,18,21-22H,7-8H2,1H3/t14-,15+/m1/s1. The largest absolute Gasteiger partial charge is 0.392 e. The topological polar surface area (TPSA) is 139 Å². The number of nitrogens with one attached hydrogen (secondary N) is 1. The molecule has 26 heavy (non-hydrogen) atoms. The second-order valence-electron chi connectivity index (χ2n) is 6.17. The molecule has 0 aliphatic heterocycles. The maximum absolute atomic E-state index is 11.6. The van der Waals surface area contributed by atoms with Gasteiger partial charge in [-0.05, 0) is 23.6 Å². The van der Waals surface area contributed by atoms with Crippen LogP contribution in [0.3, 0.4) is 0 Å². The predicted octanol–water partition coefficient (Wildman–Crippen LogP) is 2.37. The Labute approximate surface area is 148 Å². The quantitative estimate of drug-likeness (QED) is 0.550. The van der Waals surface area contributed by atoms with E-state index in [9.17, 15) is 30.4 Å². The zero-order valence-electron chi connectivity index (χ0n) is 13.9. The summed E-state index contributed by atoms with van der Waals surface area (Å²) in [5.74, 6) is 0. The predicted molar refractivity (Wildman–Crippen MR) is 92.9 cm³/mol. The van der Waals surface area contributed by atoms with E-state index in [2.05, 4.69) is 5.32 Å². The number of hydrogen-bond donors (Lipinski definition) is 3. The van der Waals surface area contributed by atoms with Gasteiger partial charge in [-0.1, -0.05) is 24.3 Å². The number of anilines is 1. The molecule has 0 fully saturated rings. The monoisotopic (exact) mass is 359 g/mol. The molecule has 2 aromatic rings. The van der Waals surface area contributed by atoms with Gasteiger partial charge in [0.2, 0.25) is 0 Å². The van der Waals surface area contributed by atoms with Crippen LogP contribution in [0, 0.1) is 27.2 Å². The number of hydrogen-bond acceptors (Lipinski definition) is 7. The SMILES string of the molecule is Cc1c(CO)cc([N+](=O)[O-])c(N[C@H]2c3ccccc3C[C@H]2O)c1[N+](=O)[O-]. The summed E-state index contributed by atoms with van der Waals surface area (Å²) in [6, 6.07) is 7.62. The van der Waals surface area contributed by atoms with Crippen LogP contribution in [0.2, 0.25) is 0 Å². The Morgan fingerprint density at radius 2 is 1.92 bits per heavy atom. The molecule has 0 bridgehead atoms. The maximum Gasteiger partial charge on any atom is 0.302 e. The lowest BCUT2D eigenvalue weighted by Crippen LogP contribution is -2.22. The van der Waals surface area contributed by atoms with Crippen molar-refractivity contribution in [3.63, 3.8) is 0 Å². The molecule has 136 valence electrons. The first kappa shape index (κ1) is 17.8. The summed E-state index contributed by atoms with van der Waals surface area (Å²) in [4.78, 5) is 21.6. The van der Waals surface area contributed by atoms with Crippen LogP contribution in [0.25, 0.3) is 0 Å². The fraction of sp³-hybridized carbons (Fsp3) is 0.294. The molecule has 9 nitrogen and oxygen atoms in total. The Kier molecular flexibility index (Phi) is 4.58. The molecule has 1 aliphatic carbocycles. The molecular formula is C17H17N3O6. The van der Waals surface area contributed by atoms with Crippen molar-refractivity contribution in [2.45, 2.75) is 32.1 Å². The number of nitrogens with zero attached hydrogens (tertiary/aromatic N) is 2. The minimum atomic E-state index is -0.871. The average Bonchev–Trinajstić information content (AvgIpc) is 2.90. The van der Waals surface area contributed by atoms with E-state index in [-0.39, 0.29) is 16.8 Å². The third-order valence-electron chi connectivity index (χ3n) is 4.69. The minimum Gasteiger partial charge on any atom is -0.392 e. The number of nitro groups is 2. The van der Waals surface area contributed by atoms with Crippen molar-refractivity contribution < 1.29 is 20.1 Å². The molecule has 0 unspecified atom stereocenters. The molecule has 0 saturated heterocycles. The van der Waals surface area contributed by atoms with Crippen molar-refractivity contribution in [3.8, 4) is 0 Å². The highest BCUT2D eigenvalue weighted by atomic mass is 16.6. The van der Waals surface area contributed by atoms with Crippen molar-refractivity contribution in [3.05, 3.63) is 72.8 Å². The molecule has 0 saturated carbocycles. The van der Waals surface area contributed by atoms with E-state index < -0.39 is 40.0 Å². The zero-order chi connectivity index (χ0) is 19.0. The normalized spacial score (nSPS) is 18.4. The highest BCUT2D eigenvalue weighted by Gasteiger charge is 2.36. The van der Waals surface area contributed by atoms with Gasteiger partial charge < -0.3 is 15.5 Å². The van der Waals surface area contributed by atoms with Crippen LogP contribution in [-0.2, 0) is 13.0 Å². The highest BCUT2D eigenvalue weighted by molar-refractivity contribution is 5.78. The van der Waals surface area contributed by atoms with E-state index in [0.717, 1.165) is 17.2 Å². The lowest BCUT2D eigenvalue weighted by molar-refractivity contribution is -0.392. The van der Waals surface area contributed by atoms with Crippen molar-refractivity contribution in [2.24, 2.45) is 0 Å². The number of fused-ring (bicyclic) bond motifs is 1. The molecule has 9 heteroatoms. The third kappa shape index (κ3) is 2.87. The molecular weight excluding hydrogens is 342 g/mol. The van der Waals surface area contributed by atoms with E-state index in [4.69, 9.17) is 0 Å². The van der Waals surface area contributed by atoms with E-state index in [1.54, 1.807) is 12.1 Å². The van der Waals surface area contributed by atoms with Gasteiger partial charge in [-0.3, -0.25) is 20.2 Å². The van der Waals surface area contributed by atoms with Gasteiger partial charge in [0, 0.05) is 18.1 Å². The number of benzene rings is 2. The number of aliphatic hydroxyl groups excluding tert-OH is 2. The highest BCUT2D eigenvalue weighted by Crippen LogP contribution is 2.43. The van der Waals surface area contributed by atoms with Gasteiger partial charge in [-0.25, -0.2) is 0 Å². The molecule has 3 N–H and O–H groups in total. The first-order valence-electron chi connectivity index (χ1n) is 7.93. The fourth-order valence-corrected chi connectivity index (χ4v) is 3.39. The van der Waals surface area contributed by atoms with Crippen LogP contribution in [-0.4, -0.2) is 26.2 Å². The van der Waals surface area contributed by atoms with Gasteiger partial charge in [0.25, 0.3) is 5.69 Å². The van der Waals surface area contributed by atoms with E-state index in [0.29, 0.717) is 6.42 Å². The molecule has 0 spiro atoms. The molecule has 3 rings (SSSR count). The first-order valence-corrected chi connectivity index (χ1v) is 7.93. The molecule has 0 amide bonds. The van der Waals surface area contributed by atoms with E-state index in [1.165, 1.54) is 6.92 Å².